The topological polar surface area (TPSA) is 93.2 Å². The van der Waals surface area contributed by atoms with Gasteiger partial charge in [0.1, 0.15) is 0 Å². The van der Waals surface area contributed by atoms with Crippen LogP contribution in [-0.2, 0) is 0 Å². The van der Waals surface area contributed by atoms with Crippen molar-refractivity contribution in [2.24, 2.45) is 10.7 Å². The summed E-state index contributed by atoms with van der Waals surface area (Å²) in [6.45, 7) is 10.3. The minimum atomic E-state index is -4.47. The fraction of sp³-hybridized carbons (Fsp3) is 0.192. The molecule has 11 heteroatoms. The highest BCUT2D eigenvalue weighted by atomic mass is 19.4. The molecule has 2 aromatic heterocycles. The monoisotopic (exact) mass is 515 g/mol. The summed E-state index contributed by atoms with van der Waals surface area (Å²) in [6.07, 6.45) is 2.58. The number of nitrogens with zero attached hydrogens (tertiary/aromatic N) is 4. The Morgan fingerprint density at radius 2 is 1.92 bits per heavy atom. The summed E-state index contributed by atoms with van der Waals surface area (Å²) in [6, 6.07) is 7.17. The van der Waals surface area contributed by atoms with Crippen LogP contribution in [0.4, 0.5) is 29.2 Å². The molecule has 3 aromatic rings. The van der Waals surface area contributed by atoms with Crippen molar-refractivity contribution in [1.82, 2.24) is 14.5 Å². The number of rotatable bonds is 8. The number of nitrogens with one attached hydrogen (secondary N) is 2. The molecule has 0 bridgehead atoms. The van der Waals surface area contributed by atoms with Crippen LogP contribution < -0.4 is 16.4 Å². The van der Waals surface area contributed by atoms with Crippen LogP contribution in [0.5, 0.6) is 0 Å². The van der Waals surface area contributed by atoms with Crippen molar-refractivity contribution in [3.63, 3.8) is 0 Å². The summed E-state index contributed by atoms with van der Waals surface area (Å²) in [7, 11) is 2.09. The van der Waals surface area contributed by atoms with E-state index in [-0.39, 0.29) is 5.95 Å². The fourth-order valence-electron chi connectivity index (χ4n) is 3.35. The van der Waals surface area contributed by atoms with Crippen LogP contribution >= 0.6 is 0 Å². The molecule has 3 rings (SSSR count). The Morgan fingerprint density at radius 1 is 1.22 bits per heavy atom. The lowest BCUT2D eigenvalue weighted by atomic mass is 10.1. The number of anilines is 2. The maximum atomic E-state index is 13.4. The number of hydrogen-bond donors (Lipinski definition) is 3. The highest BCUT2D eigenvalue weighted by Gasteiger charge is 2.31. The first kappa shape index (κ1) is 28.8. The number of halogens is 4. The molecule has 0 fully saturated rings. The number of hydrogen-bond acceptors (Lipinski definition) is 6. The molecule has 1 aromatic carbocycles. The largest absolute Gasteiger partial charge is 0.412 e. The smallest absolute Gasteiger partial charge is 0.403 e. The highest BCUT2D eigenvalue weighted by molar-refractivity contribution is 5.88. The van der Waals surface area contributed by atoms with Gasteiger partial charge in [0.2, 0.25) is 5.95 Å². The molecular formula is C26H29F4N7. The van der Waals surface area contributed by atoms with E-state index in [1.807, 2.05) is 6.07 Å². The normalized spacial score (nSPS) is 12.3. The molecule has 0 saturated heterocycles. The van der Waals surface area contributed by atoms with Gasteiger partial charge in [-0.15, -0.1) is 0 Å². The van der Waals surface area contributed by atoms with Crippen molar-refractivity contribution in [2.45, 2.75) is 20.0 Å². The van der Waals surface area contributed by atoms with E-state index in [9.17, 15) is 17.6 Å². The third-order valence-corrected chi connectivity index (χ3v) is 5.17. The molecule has 0 radical (unpaired) electrons. The van der Waals surface area contributed by atoms with Crippen molar-refractivity contribution < 1.29 is 17.6 Å². The fourth-order valence-corrected chi connectivity index (χ4v) is 3.35. The zero-order valence-corrected chi connectivity index (χ0v) is 21.0. The average molecular weight is 516 g/mol. The average Bonchev–Trinajstić information content (AvgIpc) is 3.15. The standard InChI is InChI=1S/C25H26F3N7.CH3F/c1-6-16(3)32-18-8-7-9-20(11-18)35-22(10-15(2)25(26,27)28)17(4)21-14-31-24(34-23(21)35)33-19(12-29)13-30-5;1-2/h6-14,32H,1,3,29H2,2,4-5H3,(H,31,33,34);1H3/b15-10+,19-12+,30-13?;. The molecule has 2 heterocycles. The van der Waals surface area contributed by atoms with Gasteiger partial charge in [-0.05, 0) is 49.8 Å². The van der Waals surface area contributed by atoms with Crippen molar-refractivity contribution in [3.8, 4) is 5.69 Å². The molecule has 0 aliphatic heterocycles. The lowest BCUT2D eigenvalue weighted by Gasteiger charge is -2.13. The van der Waals surface area contributed by atoms with Crippen LogP contribution in [0.15, 0.2) is 77.9 Å². The Balaban J connectivity index is 0.00000235. The van der Waals surface area contributed by atoms with Gasteiger partial charge < -0.3 is 16.4 Å². The molecule has 4 N–H and O–H groups in total. The zero-order chi connectivity index (χ0) is 27.8. The van der Waals surface area contributed by atoms with Gasteiger partial charge in [0, 0.05) is 53.7 Å². The van der Waals surface area contributed by atoms with Gasteiger partial charge in [0.25, 0.3) is 0 Å². The van der Waals surface area contributed by atoms with Crippen molar-refractivity contribution in [2.75, 3.05) is 24.9 Å². The van der Waals surface area contributed by atoms with Gasteiger partial charge in [-0.25, -0.2) is 4.98 Å². The quantitative estimate of drug-likeness (QED) is 0.186. The molecule has 0 atom stereocenters. The number of nitrogens with two attached hydrogens (primary N) is 1. The first-order valence-corrected chi connectivity index (χ1v) is 10.9. The number of benzene rings is 1. The van der Waals surface area contributed by atoms with Crippen LogP contribution in [0.3, 0.4) is 0 Å². The van der Waals surface area contributed by atoms with Gasteiger partial charge in [0.05, 0.1) is 18.6 Å². The van der Waals surface area contributed by atoms with Gasteiger partial charge in [-0.1, -0.05) is 19.2 Å². The number of aromatic nitrogens is 3. The van der Waals surface area contributed by atoms with Crippen LogP contribution in [0.1, 0.15) is 18.2 Å². The SMILES string of the molecule is C=CC(=C)Nc1cccc(-n2c(/C=C(\C)C(F)(F)F)c(C)c3cnc(N/C(C=NC)=C/N)nc32)c1.CF. The molecule has 0 unspecified atom stereocenters. The summed E-state index contributed by atoms with van der Waals surface area (Å²) in [4.78, 5) is 12.8. The Morgan fingerprint density at radius 3 is 2.51 bits per heavy atom. The second-order valence-corrected chi connectivity index (χ2v) is 7.64. The van der Waals surface area contributed by atoms with E-state index in [0.717, 1.165) is 13.0 Å². The third-order valence-electron chi connectivity index (χ3n) is 5.17. The molecule has 0 aliphatic rings. The molecule has 0 spiro atoms. The number of allylic oxidation sites excluding steroid dienone is 3. The Kier molecular flexibility index (Phi) is 9.75. The first-order valence-electron chi connectivity index (χ1n) is 10.9. The van der Waals surface area contributed by atoms with E-state index < -0.39 is 11.7 Å². The predicted octanol–water partition coefficient (Wildman–Crippen LogP) is 6.30. The van der Waals surface area contributed by atoms with Crippen molar-refractivity contribution in [3.05, 3.63) is 84.1 Å². The van der Waals surface area contributed by atoms with Gasteiger partial charge >= 0.3 is 6.18 Å². The molecule has 7 nitrogen and oxygen atoms in total. The lowest BCUT2D eigenvalue weighted by Crippen LogP contribution is -2.10. The summed E-state index contributed by atoms with van der Waals surface area (Å²) in [5.74, 6) is 0.213. The molecule has 0 saturated carbocycles. The van der Waals surface area contributed by atoms with E-state index in [1.54, 1.807) is 49.0 Å². The maximum absolute atomic E-state index is 13.4. The molecular weight excluding hydrogens is 486 g/mol. The van der Waals surface area contributed by atoms with E-state index in [0.29, 0.717) is 52.2 Å². The highest BCUT2D eigenvalue weighted by Crippen LogP contribution is 2.34. The lowest BCUT2D eigenvalue weighted by molar-refractivity contribution is -0.0903. The summed E-state index contributed by atoms with van der Waals surface area (Å²) >= 11 is 0. The Hall–Kier alpha value is -4.41. The van der Waals surface area contributed by atoms with Crippen LogP contribution in [0.25, 0.3) is 22.8 Å². The van der Waals surface area contributed by atoms with E-state index in [1.165, 1.54) is 12.4 Å². The van der Waals surface area contributed by atoms with Gasteiger partial charge in [0.15, 0.2) is 5.65 Å². The predicted molar refractivity (Wildman–Crippen MR) is 144 cm³/mol. The van der Waals surface area contributed by atoms with Crippen LogP contribution in [0.2, 0.25) is 0 Å². The minimum absolute atomic E-state index is 0.213. The second-order valence-electron chi connectivity index (χ2n) is 7.64. The number of alkyl halides is 4. The molecule has 0 amide bonds. The van der Waals surface area contributed by atoms with Crippen LogP contribution in [0, 0.1) is 6.92 Å². The van der Waals surface area contributed by atoms with Gasteiger partial charge in [-0.2, -0.15) is 18.2 Å². The zero-order valence-electron chi connectivity index (χ0n) is 21.0. The number of fused-ring (bicyclic) bond motifs is 1. The van der Waals surface area contributed by atoms with Crippen LogP contribution in [-0.4, -0.2) is 41.2 Å². The second kappa shape index (κ2) is 12.5. The Labute approximate surface area is 212 Å². The molecule has 37 heavy (non-hydrogen) atoms. The summed E-state index contributed by atoms with van der Waals surface area (Å²) in [5.41, 5.74) is 8.58. The Bertz CT molecular complexity index is 1370. The summed E-state index contributed by atoms with van der Waals surface area (Å²) < 4.78 is 51.5. The first-order chi connectivity index (χ1) is 17.6. The van der Waals surface area contributed by atoms with Crippen molar-refractivity contribution in [1.29, 1.82) is 0 Å². The third kappa shape index (κ3) is 6.84. The maximum Gasteiger partial charge on any atom is 0.412 e. The summed E-state index contributed by atoms with van der Waals surface area (Å²) in [5, 5.41) is 6.66. The van der Waals surface area contributed by atoms with E-state index in [2.05, 4.69) is 38.8 Å². The van der Waals surface area contributed by atoms with Crippen molar-refractivity contribution >= 4 is 35.0 Å². The number of aryl methyl sites for hydroxylation is 1. The number of aliphatic imine (C=N–C) groups is 1. The van der Waals surface area contributed by atoms with E-state index in [4.69, 9.17) is 5.73 Å². The van der Waals surface area contributed by atoms with Gasteiger partial charge in [-0.3, -0.25) is 13.9 Å². The molecule has 196 valence electrons. The minimum Gasteiger partial charge on any atom is -0.403 e. The molecule has 0 aliphatic carbocycles. The van der Waals surface area contributed by atoms with E-state index >= 15 is 0 Å².